The quantitative estimate of drug-likeness (QED) is 0.699. The number of aliphatic hydroxyl groups is 1. The van der Waals surface area contributed by atoms with E-state index in [9.17, 15) is 9.50 Å². The molecule has 0 atom stereocenters. The van der Waals surface area contributed by atoms with Crippen LogP contribution in [0.4, 0.5) is 4.39 Å². The van der Waals surface area contributed by atoms with E-state index in [0.29, 0.717) is 18.5 Å². The van der Waals surface area contributed by atoms with E-state index < -0.39 is 12.3 Å². The fourth-order valence-corrected chi connectivity index (χ4v) is 0.961. The van der Waals surface area contributed by atoms with Crippen molar-refractivity contribution in [3.63, 3.8) is 0 Å². The second-order valence-corrected chi connectivity index (χ2v) is 2.79. The molecule has 1 heterocycles. The molecule has 1 aliphatic rings. The molecule has 0 saturated heterocycles. The smallest absolute Gasteiger partial charge is 0.225 e. The molecule has 0 bridgehead atoms. The third-order valence-electron chi connectivity index (χ3n) is 1.87. The monoisotopic (exact) mass is 157 g/mol. The van der Waals surface area contributed by atoms with Crippen molar-refractivity contribution >= 4 is 0 Å². The zero-order valence-electron chi connectivity index (χ0n) is 5.88. The van der Waals surface area contributed by atoms with Gasteiger partial charge in [0.25, 0.3) is 0 Å². The van der Waals surface area contributed by atoms with E-state index in [0.717, 1.165) is 0 Å². The van der Waals surface area contributed by atoms with Crippen molar-refractivity contribution in [2.24, 2.45) is 0 Å². The minimum absolute atomic E-state index is 0.0420. The van der Waals surface area contributed by atoms with E-state index >= 15 is 0 Å². The van der Waals surface area contributed by atoms with E-state index in [2.05, 4.69) is 4.98 Å². The first-order valence-corrected chi connectivity index (χ1v) is 3.48. The molecule has 1 fully saturated rings. The molecule has 1 aromatic heterocycles. The van der Waals surface area contributed by atoms with Gasteiger partial charge >= 0.3 is 0 Å². The Morgan fingerprint density at radius 3 is 2.91 bits per heavy atom. The molecule has 11 heavy (non-hydrogen) atoms. The number of alkyl halides is 1. The number of rotatable bonds is 2. The zero-order valence-corrected chi connectivity index (χ0v) is 5.88. The average molecular weight is 157 g/mol. The molecular weight excluding hydrogens is 149 g/mol. The first-order chi connectivity index (χ1) is 5.24. The highest BCUT2D eigenvalue weighted by Crippen LogP contribution is 2.44. The van der Waals surface area contributed by atoms with Crippen LogP contribution in [0.3, 0.4) is 0 Å². The second kappa shape index (κ2) is 2.04. The normalized spacial score (nSPS) is 20.2. The van der Waals surface area contributed by atoms with Crippen LogP contribution in [0, 0.1) is 0 Å². The van der Waals surface area contributed by atoms with Gasteiger partial charge in [-0.15, -0.1) is 0 Å². The third kappa shape index (κ3) is 1.03. The molecule has 1 aliphatic carbocycles. The van der Waals surface area contributed by atoms with Crippen LogP contribution in [-0.4, -0.2) is 10.1 Å². The summed E-state index contributed by atoms with van der Waals surface area (Å²) in [5, 5.41) is 9.46. The van der Waals surface area contributed by atoms with Crippen molar-refractivity contribution in [3.05, 3.63) is 17.8 Å². The molecule has 0 amide bonds. The molecule has 1 N–H and O–H groups in total. The first-order valence-electron chi connectivity index (χ1n) is 3.48. The fourth-order valence-electron chi connectivity index (χ4n) is 0.961. The van der Waals surface area contributed by atoms with Gasteiger partial charge in [0.1, 0.15) is 17.6 Å². The van der Waals surface area contributed by atoms with E-state index in [1.165, 1.54) is 6.26 Å². The van der Waals surface area contributed by atoms with Crippen LogP contribution in [-0.2, 0) is 12.3 Å². The predicted octanol–water partition coefficient (Wildman–Crippen LogP) is 1.13. The maximum absolute atomic E-state index is 11.9. The number of halogens is 1. The Bertz CT molecular complexity index is 267. The number of hydrogen-bond donors (Lipinski definition) is 1. The van der Waals surface area contributed by atoms with Gasteiger partial charge in [-0.25, -0.2) is 9.37 Å². The molecule has 0 radical (unpaired) electrons. The van der Waals surface area contributed by atoms with Crippen molar-refractivity contribution in [3.8, 4) is 0 Å². The van der Waals surface area contributed by atoms with Gasteiger partial charge in [0.2, 0.25) is 5.89 Å². The van der Waals surface area contributed by atoms with Crippen molar-refractivity contribution in [1.82, 2.24) is 4.98 Å². The highest BCUT2D eigenvalue weighted by Gasteiger charge is 2.44. The maximum atomic E-state index is 11.9. The van der Waals surface area contributed by atoms with Crippen molar-refractivity contribution in [2.45, 2.75) is 25.1 Å². The lowest BCUT2D eigenvalue weighted by Gasteiger charge is -1.98. The lowest BCUT2D eigenvalue weighted by molar-refractivity contribution is 0.146. The number of oxazole rings is 1. The second-order valence-electron chi connectivity index (χ2n) is 2.79. The lowest BCUT2D eigenvalue weighted by atomic mass is 10.3. The summed E-state index contributed by atoms with van der Waals surface area (Å²) in [5.74, 6) is 0.0420. The average Bonchev–Trinajstić information content (AvgIpc) is 2.61. The lowest BCUT2D eigenvalue weighted by Crippen LogP contribution is -2.04. The summed E-state index contributed by atoms with van der Waals surface area (Å²) in [6, 6.07) is 0. The van der Waals surface area contributed by atoms with Crippen LogP contribution in [0.5, 0.6) is 0 Å². The topological polar surface area (TPSA) is 46.3 Å². The summed E-state index contributed by atoms with van der Waals surface area (Å²) in [6.07, 6.45) is 2.72. The Labute approximate surface area is 62.9 Å². The van der Waals surface area contributed by atoms with Gasteiger partial charge < -0.3 is 9.52 Å². The summed E-state index contributed by atoms with van der Waals surface area (Å²) >= 11 is 0. The molecule has 3 nitrogen and oxygen atoms in total. The maximum Gasteiger partial charge on any atom is 0.225 e. The molecule has 0 spiro atoms. The summed E-state index contributed by atoms with van der Waals surface area (Å²) in [6.45, 7) is -0.712. The predicted molar refractivity (Wildman–Crippen MR) is 34.4 cm³/mol. The molecule has 1 aromatic rings. The SMILES string of the molecule is OC1(c2coc(CF)n2)CC1. The van der Waals surface area contributed by atoms with Crippen LogP contribution in [0.15, 0.2) is 10.7 Å². The van der Waals surface area contributed by atoms with Crippen LogP contribution in [0.25, 0.3) is 0 Å². The fraction of sp³-hybridized carbons (Fsp3) is 0.571. The molecular formula is C7H8FNO2. The molecule has 2 rings (SSSR count). The Balaban J connectivity index is 2.25. The van der Waals surface area contributed by atoms with E-state index in [4.69, 9.17) is 4.42 Å². The summed E-state index contributed by atoms with van der Waals surface area (Å²) < 4.78 is 16.6. The standard InChI is InChI=1S/C7H8FNO2/c8-3-6-9-5(4-11-6)7(10)1-2-7/h4,10H,1-3H2. The van der Waals surface area contributed by atoms with Crippen LogP contribution >= 0.6 is 0 Å². The van der Waals surface area contributed by atoms with Gasteiger partial charge in [-0.1, -0.05) is 0 Å². The van der Waals surface area contributed by atoms with Crippen molar-refractivity contribution < 1.29 is 13.9 Å². The number of hydrogen-bond acceptors (Lipinski definition) is 3. The highest BCUT2D eigenvalue weighted by atomic mass is 19.1. The van der Waals surface area contributed by atoms with Crippen molar-refractivity contribution in [2.75, 3.05) is 0 Å². The summed E-state index contributed by atoms with van der Waals surface area (Å²) in [4.78, 5) is 3.77. The van der Waals surface area contributed by atoms with Gasteiger partial charge in [0.05, 0.1) is 0 Å². The molecule has 0 aromatic carbocycles. The van der Waals surface area contributed by atoms with Crippen LogP contribution in [0.2, 0.25) is 0 Å². The van der Waals surface area contributed by atoms with Crippen molar-refractivity contribution in [1.29, 1.82) is 0 Å². The van der Waals surface area contributed by atoms with Gasteiger partial charge in [0.15, 0.2) is 6.67 Å². The molecule has 1 saturated carbocycles. The molecule has 60 valence electrons. The Kier molecular flexibility index (Phi) is 1.26. The van der Waals surface area contributed by atoms with Gasteiger partial charge in [-0.3, -0.25) is 0 Å². The Morgan fingerprint density at radius 2 is 2.45 bits per heavy atom. The van der Waals surface area contributed by atoms with E-state index in [1.807, 2.05) is 0 Å². The number of aromatic nitrogens is 1. The Hall–Kier alpha value is -0.900. The summed E-state index contributed by atoms with van der Waals surface area (Å²) in [7, 11) is 0. The van der Waals surface area contributed by atoms with Crippen LogP contribution < -0.4 is 0 Å². The highest BCUT2D eigenvalue weighted by molar-refractivity contribution is 5.15. The largest absolute Gasteiger partial charge is 0.446 e. The molecule has 0 unspecified atom stereocenters. The number of nitrogens with zero attached hydrogens (tertiary/aromatic N) is 1. The van der Waals surface area contributed by atoms with E-state index in [1.54, 1.807) is 0 Å². The molecule has 4 heteroatoms. The van der Waals surface area contributed by atoms with Crippen LogP contribution in [0.1, 0.15) is 24.4 Å². The van der Waals surface area contributed by atoms with Gasteiger partial charge in [-0.05, 0) is 12.8 Å². The molecule has 0 aliphatic heterocycles. The van der Waals surface area contributed by atoms with Gasteiger partial charge in [0, 0.05) is 0 Å². The summed E-state index contributed by atoms with van der Waals surface area (Å²) in [5.41, 5.74) is -0.346. The zero-order chi connectivity index (χ0) is 7.90. The Morgan fingerprint density at radius 1 is 1.73 bits per heavy atom. The third-order valence-corrected chi connectivity index (χ3v) is 1.87. The minimum Gasteiger partial charge on any atom is -0.446 e. The van der Waals surface area contributed by atoms with E-state index in [-0.39, 0.29) is 5.89 Å². The minimum atomic E-state index is -0.809. The van der Waals surface area contributed by atoms with Gasteiger partial charge in [-0.2, -0.15) is 0 Å². The first kappa shape index (κ1) is 6.79.